The maximum atomic E-state index is 11.9. The van der Waals surface area contributed by atoms with Gasteiger partial charge in [-0.15, -0.1) is 5.10 Å². The summed E-state index contributed by atoms with van der Waals surface area (Å²) in [5, 5.41) is 7.99. The van der Waals surface area contributed by atoms with Crippen LogP contribution < -0.4 is 0 Å². The number of amides is 1. The molecule has 1 aliphatic heterocycles. The normalized spacial score (nSPS) is 16.8. The Balaban J connectivity index is 1.72. The molecule has 0 fully saturated rings. The molecule has 0 aliphatic carbocycles. The summed E-state index contributed by atoms with van der Waals surface area (Å²) in [5.74, 6) is 0.269. The molecule has 24 heavy (non-hydrogen) atoms. The number of carbonyl (C=O) groups excluding carboxylic acids is 1. The highest BCUT2D eigenvalue weighted by atomic mass is 16.5. The molecule has 4 rings (SSSR count). The van der Waals surface area contributed by atoms with Crippen LogP contribution in [-0.2, 0) is 9.53 Å². The van der Waals surface area contributed by atoms with Crippen molar-refractivity contribution >= 4 is 22.6 Å². The minimum absolute atomic E-state index is 0.174. The average molecular weight is 317 g/mol. The number of fused-ring (bicyclic) bond motifs is 1. The summed E-state index contributed by atoms with van der Waals surface area (Å²) in [7, 11) is 0. The maximum absolute atomic E-state index is 11.9. The van der Waals surface area contributed by atoms with E-state index in [1.807, 2.05) is 48.5 Å². The van der Waals surface area contributed by atoms with Crippen molar-refractivity contribution in [1.29, 1.82) is 0 Å². The van der Waals surface area contributed by atoms with E-state index in [0.29, 0.717) is 5.90 Å². The van der Waals surface area contributed by atoms with Crippen molar-refractivity contribution < 1.29 is 9.53 Å². The monoisotopic (exact) mass is 317 g/mol. The van der Waals surface area contributed by atoms with Crippen LogP contribution in [0.25, 0.3) is 10.8 Å². The van der Waals surface area contributed by atoms with Crippen LogP contribution in [0.1, 0.15) is 24.3 Å². The second kappa shape index (κ2) is 5.77. The third-order valence-electron chi connectivity index (χ3n) is 3.95. The highest BCUT2D eigenvalue weighted by molar-refractivity contribution is 6.00. The fraction of sp³-hybridized carbons (Fsp3) is 0.105. The second-order valence-electron chi connectivity index (χ2n) is 5.58. The zero-order valence-corrected chi connectivity index (χ0v) is 13.1. The molecule has 0 unspecified atom stereocenters. The van der Waals surface area contributed by atoms with Crippen molar-refractivity contribution in [3.63, 3.8) is 0 Å². The van der Waals surface area contributed by atoms with Gasteiger partial charge < -0.3 is 4.74 Å². The van der Waals surface area contributed by atoms with Crippen LogP contribution in [-0.4, -0.2) is 21.8 Å². The first-order valence-corrected chi connectivity index (χ1v) is 7.66. The quantitative estimate of drug-likeness (QED) is 0.727. The summed E-state index contributed by atoms with van der Waals surface area (Å²) in [6, 6.07) is 17.7. The number of aromatic nitrogens is 1. The summed E-state index contributed by atoms with van der Waals surface area (Å²) >= 11 is 0. The van der Waals surface area contributed by atoms with Gasteiger partial charge in [0.25, 0.3) is 0 Å². The molecule has 0 bridgehead atoms. The average Bonchev–Trinajstić information content (AvgIpc) is 3.08. The number of benzene rings is 2. The molecular formula is C19H15N3O2. The maximum Gasteiger partial charge on any atom is 0.243 e. The lowest BCUT2D eigenvalue weighted by atomic mass is 10.1. The van der Waals surface area contributed by atoms with E-state index in [2.05, 4.69) is 16.2 Å². The third kappa shape index (κ3) is 2.50. The van der Waals surface area contributed by atoms with E-state index in [1.54, 1.807) is 12.4 Å². The molecule has 2 aromatic carbocycles. The molecule has 1 atom stereocenters. The van der Waals surface area contributed by atoms with E-state index < -0.39 is 6.23 Å². The Kier molecular flexibility index (Phi) is 3.46. The first-order chi connectivity index (χ1) is 11.7. The first kappa shape index (κ1) is 14.4. The number of hydrogen-bond acceptors (Lipinski definition) is 4. The van der Waals surface area contributed by atoms with Gasteiger partial charge in [0.1, 0.15) is 0 Å². The molecule has 1 amide bonds. The Labute approximate surface area is 139 Å². The Bertz CT molecular complexity index is 938. The highest BCUT2D eigenvalue weighted by Crippen LogP contribution is 2.30. The number of ether oxygens (including phenoxy) is 1. The third-order valence-corrected chi connectivity index (χ3v) is 3.95. The SMILES string of the molecule is CC(=O)N1N=C(c2ccc3ccccc3c2)O[C@H]1c1ccncc1. The van der Waals surface area contributed by atoms with Gasteiger partial charge in [-0.2, -0.15) is 5.01 Å². The van der Waals surface area contributed by atoms with E-state index >= 15 is 0 Å². The molecule has 0 N–H and O–H groups in total. The largest absolute Gasteiger partial charge is 0.446 e. The molecule has 1 aliphatic rings. The van der Waals surface area contributed by atoms with Crippen LogP contribution in [0.4, 0.5) is 0 Å². The number of carbonyl (C=O) groups is 1. The van der Waals surface area contributed by atoms with Gasteiger partial charge in [-0.25, -0.2) is 0 Å². The standard InChI is InChI=1S/C19H15N3O2/c1-13(23)22-19(15-8-10-20-11-9-15)24-18(21-22)17-7-6-14-4-2-3-5-16(14)12-17/h2-12,19H,1H3/t19-/m0/s1. The summed E-state index contributed by atoms with van der Waals surface area (Å²) in [6.07, 6.45) is 2.78. The predicted octanol–water partition coefficient (Wildman–Crippen LogP) is 3.47. The van der Waals surface area contributed by atoms with E-state index in [1.165, 1.54) is 11.9 Å². The summed E-state index contributed by atoms with van der Waals surface area (Å²) < 4.78 is 5.98. The number of nitrogens with zero attached hydrogens (tertiary/aromatic N) is 3. The molecule has 5 heteroatoms. The van der Waals surface area contributed by atoms with Gasteiger partial charge in [0.2, 0.25) is 18.0 Å². The predicted molar refractivity (Wildman–Crippen MR) is 91.1 cm³/mol. The van der Waals surface area contributed by atoms with E-state index in [9.17, 15) is 4.79 Å². The molecule has 2 heterocycles. The van der Waals surface area contributed by atoms with Crippen molar-refractivity contribution in [3.8, 4) is 0 Å². The first-order valence-electron chi connectivity index (χ1n) is 7.66. The smallest absolute Gasteiger partial charge is 0.243 e. The van der Waals surface area contributed by atoms with Crippen LogP contribution in [0.5, 0.6) is 0 Å². The van der Waals surface area contributed by atoms with Crippen molar-refractivity contribution in [2.45, 2.75) is 13.2 Å². The molecule has 0 saturated heterocycles. The zero-order chi connectivity index (χ0) is 16.5. The van der Waals surface area contributed by atoms with Crippen molar-refractivity contribution in [1.82, 2.24) is 9.99 Å². The van der Waals surface area contributed by atoms with E-state index in [-0.39, 0.29) is 5.91 Å². The molecule has 0 radical (unpaired) electrons. The Hall–Kier alpha value is -3.21. The van der Waals surface area contributed by atoms with Crippen LogP contribution in [0, 0.1) is 0 Å². The lowest BCUT2D eigenvalue weighted by Gasteiger charge is -2.18. The fourth-order valence-electron chi connectivity index (χ4n) is 2.75. The van der Waals surface area contributed by atoms with Gasteiger partial charge in [-0.3, -0.25) is 9.78 Å². The van der Waals surface area contributed by atoms with Crippen LogP contribution in [0.2, 0.25) is 0 Å². The van der Waals surface area contributed by atoms with Crippen LogP contribution >= 0.6 is 0 Å². The number of hydrogen-bond donors (Lipinski definition) is 0. The van der Waals surface area contributed by atoms with Crippen LogP contribution in [0.3, 0.4) is 0 Å². The van der Waals surface area contributed by atoms with Crippen molar-refractivity contribution in [2.24, 2.45) is 5.10 Å². The van der Waals surface area contributed by atoms with Crippen LogP contribution in [0.15, 0.2) is 72.1 Å². The summed E-state index contributed by atoms with van der Waals surface area (Å²) in [5.41, 5.74) is 1.68. The molecule has 1 aromatic heterocycles. The minimum Gasteiger partial charge on any atom is -0.446 e. The van der Waals surface area contributed by atoms with Gasteiger partial charge in [-0.1, -0.05) is 30.3 Å². The van der Waals surface area contributed by atoms with Gasteiger partial charge >= 0.3 is 0 Å². The number of rotatable bonds is 2. The second-order valence-corrected chi connectivity index (χ2v) is 5.58. The van der Waals surface area contributed by atoms with Crippen molar-refractivity contribution in [2.75, 3.05) is 0 Å². The molecule has 0 spiro atoms. The zero-order valence-electron chi connectivity index (χ0n) is 13.1. The molecule has 0 saturated carbocycles. The summed E-state index contributed by atoms with van der Waals surface area (Å²) in [4.78, 5) is 15.9. The lowest BCUT2D eigenvalue weighted by molar-refractivity contribution is -0.135. The minimum atomic E-state index is -0.563. The van der Waals surface area contributed by atoms with Crippen molar-refractivity contribution in [3.05, 3.63) is 78.1 Å². The Morgan fingerprint density at radius 1 is 1.04 bits per heavy atom. The molecule has 3 aromatic rings. The van der Waals surface area contributed by atoms with E-state index in [0.717, 1.165) is 21.9 Å². The molecule has 5 nitrogen and oxygen atoms in total. The Morgan fingerprint density at radius 2 is 1.79 bits per heavy atom. The topological polar surface area (TPSA) is 54.8 Å². The fourth-order valence-corrected chi connectivity index (χ4v) is 2.75. The lowest BCUT2D eigenvalue weighted by Crippen LogP contribution is -2.25. The molecule has 118 valence electrons. The number of pyridine rings is 1. The van der Waals surface area contributed by atoms with Gasteiger partial charge in [0.05, 0.1) is 0 Å². The highest BCUT2D eigenvalue weighted by Gasteiger charge is 2.32. The van der Waals surface area contributed by atoms with Gasteiger partial charge in [-0.05, 0) is 35.0 Å². The summed E-state index contributed by atoms with van der Waals surface area (Å²) in [6.45, 7) is 1.48. The van der Waals surface area contributed by atoms with E-state index in [4.69, 9.17) is 4.74 Å². The van der Waals surface area contributed by atoms with Gasteiger partial charge in [0.15, 0.2) is 0 Å². The number of hydrazone groups is 1. The molecular weight excluding hydrogens is 302 g/mol. The Morgan fingerprint density at radius 3 is 2.54 bits per heavy atom. The van der Waals surface area contributed by atoms with Gasteiger partial charge in [0, 0.05) is 30.4 Å².